The number of nitrogens with zero attached hydrogens (tertiary/aromatic N) is 1. The lowest BCUT2D eigenvalue weighted by atomic mass is 9.68. The molecule has 8 rings (SSSR count). The van der Waals surface area contributed by atoms with Crippen LogP contribution in [0.5, 0.6) is 0 Å². The number of imide groups is 1. The quantitative estimate of drug-likeness (QED) is 0.314. The first-order valence-corrected chi connectivity index (χ1v) is 15.6. The minimum atomic E-state index is -0.288. The van der Waals surface area contributed by atoms with Crippen LogP contribution in [-0.4, -0.2) is 28.2 Å². The number of aryl methyl sites for hydroxylation is 1. The van der Waals surface area contributed by atoms with E-state index < -0.39 is 0 Å². The summed E-state index contributed by atoms with van der Waals surface area (Å²) < 4.78 is 0. The Balaban J connectivity index is 0.000000923. The van der Waals surface area contributed by atoms with Crippen molar-refractivity contribution in [3.05, 3.63) is 105 Å². The molecule has 1 N–H and O–H groups in total. The SMILES string of the molecule is Cc1cccc(-c2ccc(N3C(=O)[C@@H]4[C@H]5C[C@H]([C@@H]6Sc7[nH]c(=O)sc7[C@@H](c7ccccc7)[C@H]56)[C@@H]4C3=O)cc2)c1.O=C=O. The van der Waals surface area contributed by atoms with Gasteiger partial charge in [0.1, 0.15) is 0 Å². The standard InChI is InChI=1S/C32H26N2O3S2.CO2/c1-16-6-5-9-19(14-16)17-10-12-20(13-11-17)34-30(35)25-21-15-22(26(25)31(34)36)27-24(21)23(18-7-3-2-4-8-18)28-29(38-27)33-32(37)39-28;2-1-3/h2-14,21-27H,15H2,1H3,(H,33,37);/t21-,22-,23-,24-,25+,26-,27-;/m0./s1. The molecule has 42 heavy (non-hydrogen) atoms. The van der Waals surface area contributed by atoms with Crippen LogP contribution in [0.15, 0.2) is 88.7 Å². The summed E-state index contributed by atoms with van der Waals surface area (Å²) in [6.07, 6.45) is 1.15. The van der Waals surface area contributed by atoms with Crippen LogP contribution in [0.4, 0.5) is 5.69 Å². The molecular formula is C33H26N2O5S2. The normalized spacial score (nSPS) is 28.4. The summed E-state index contributed by atoms with van der Waals surface area (Å²) in [6.45, 7) is 2.07. The number of carbonyl (C=O) groups is 2. The van der Waals surface area contributed by atoms with Crippen molar-refractivity contribution >= 4 is 46.8 Å². The van der Waals surface area contributed by atoms with E-state index in [0.29, 0.717) is 5.69 Å². The van der Waals surface area contributed by atoms with Crippen LogP contribution in [0.3, 0.4) is 0 Å². The highest BCUT2D eigenvalue weighted by Gasteiger charge is 2.69. The Hall–Kier alpha value is -4.04. The minimum Gasteiger partial charge on any atom is -0.307 e. The number of amides is 2. The van der Waals surface area contributed by atoms with Gasteiger partial charge in [0.25, 0.3) is 0 Å². The summed E-state index contributed by atoms with van der Waals surface area (Å²) in [5, 5.41) is 1.16. The predicted octanol–water partition coefficient (Wildman–Crippen LogP) is 5.51. The number of rotatable bonds is 3. The van der Waals surface area contributed by atoms with Gasteiger partial charge in [-0.2, -0.15) is 9.59 Å². The van der Waals surface area contributed by atoms with E-state index >= 15 is 0 Å². The molecule has 0 radical (unpaired) electrons. The first-order chi connectivity index (χ1) is 20.4. The van der Waals surface area contributed by atoms with E-state index in [-0.39, 0.29) is 63.6 Å². The number of H-pyrrole nitrogens is 1. The number of aromatic amines is 1. The summed E-state index contributed by atoms with van der Waals surface area (Å²) >= 11 is 3.03. The van der Waals surface area contributed by atoms with Gasteiger partial charge < -0.3 is 4.98 Å². The minimum absolute atomic E-state index is 0.0339. The molecule has 2 amide bonds. The van der Waals surface area contributed by atoms with Crippen molar-refractivity contribution in [2.75, 3.05) is 4.90 Å². The van der Waals surface area contributed by atoms with Gasteiger partial charge in [-0.05, 0) is 59.9 Å². The molecular weight excluding hydrogens is 569 g/mol. The number of benzene rings is 3. The molecule has 4 aromatic rings. The third kappa shape index (κ3) is 4.07. The van der Waals surface area contributed by atoms with E-state index in [1.54, 1.807) is 11.8 Å². The van der Waals surface area contributed by atoms with Crippen LogP contribution in [-0.2, 0) is 19.2 Å². The van der Waals surface area contributed by atoms with E-state index in [2.05, 4.69) is 42.2 Å². The zero-order valence-corrected chi connectivity index (χ0v) is 24.2. The Morgan fingerprint density at radius 2 is 1.52 bits per heavy atom. The number of anilines is 1. The van der Waals surface area contributed by atoms with Crippen molar-refractivity contribution in [1.82, 2.24) is 4.98 Å². The molecule has 0 unspecified atom stereocenters. The second-order valence-electron chi connectivity index (χ2n) is 11.4. The number of thioether (sulfide) groups is 1. The Kier molecular flexibility index (Phi) is 6.61. The second-order valence-corrected chi connectivity index (χ2v) is 13.6. The molecule has 2 aliphatic carbocycles. The number of aromatic nitrogens is 1. The topological polar surface area (TPSA) is 104 Å². The largest absolute Gasteiger partial charge is 0.373 e. The molecule has 2 saturated carbocycles. The molecule has 7 atom stereocenters. The summed E-state index contributed by atoms with van der Waals surface area (Å²) in [6, 6.07) is 26.5. The second kappa shape index (κ2) is 10.3. The highest BCUT2D eigenvalue weighted by atomic mass is 32.2. The lowest BCUT2D eigenvalue weighted by Crippen LogP contribution is -2.42. The molecule has 1 saturated heterocycles. The molecule has 3 heterocycles. The first kappa shape index (κ1) is 26.8. The lowest BCUT2D eigenvalue weighted by molar-refractivity contribution is -0.191. The van der Waals surface area contributed by atoms with Gasteiger partial charge in [0.2, 0.25) is 11.8 Å². The van der Waals surface area contributed by atoms with Crippen LogP contribution >= 0.6 is 23.1 Å². The highest BCUT2D eigenvalue weighted by molar-refractivity contribution is 8.00. The maximum Gasteiger partial charge on any atom is 0.373 e. The zero-order valence-electron chi connectivity index (χ0n) is 22.6. The molecule has 4 aliphatic rings. The molecule has 2 aliphatic heterocycles. The van der Waals surface area contributed by atoms with Crippen molar-refractivity contribution in [1.29, 1.82) is 0 Å². The van der Waals surface area contributed by atoms with E-state index in [9.17, 15) is 14.4 Å². The molecule has 210 valence electrons. The van der Waals surface area contributed by atoms with Gasteiger partial charge in [0.05, 0.1) is 22.5 Å². The van der Waals surface area contributed by atoms with E-state index in [0.717, 1.165) is 27.5 Å². The number of hydrogen-bond donors (Lipinski definition) is 1. The van der Waals surface area contributed by atoms with Gasteiger partial charge in [-0.15, -0.1) is 11.8 Å². The average Bonchev–Trinajstić information content (AvgIpc) is 3.73. The van der Waals surface area contributed by atoms with Crippen LogP contribution in [0.2, 0.25) is 0 Å². The predicted molar refractivity (Wildman–Crippen MR) is 159 cm³/mol. The molecule has 3 fully saturated rings. The average molecular weight is 595 g/mol. The van der Waals surface area contributed by atoms with Gasteiger partial charge in [-0.25, -0.2) is 0 Å². The first-order valence-electron chi connectivity index (χ1n) is 13.9. The van der Waals surface area contributed by atoms with Crippen LogP contribution in [0, 0.1) is 36.5 Å². The third-order valence-electron chi connectivity index (χ3n) is 9.36. The number of hydrogen-bond acceptors (Lipinski definition) is 7. The lowest BCUT2D eigenvalue weighted by Gasteiger charge is -2.43. The third-order valence-corrected chi connectivity index (χ3v) is 11.9. The Labute approximate surface area is 250 Å². The van der Waals surface area contributed by atoms with E-state index in [4.69, 9.17) is 9.59 Å². The van der Waals surface area contributed by atoms with Crippen molar-refractivity contribution in [3.63, 3.8) is 0 Å². The maximum atomic E-state index is 14.0. The fraction of sp³-hybridized carbons (Fsp3) is 0.273. The van der Waals surface area contributed by atoms with Crippen LogP contribution < -0.4 is 9.77 Å². The van der Waals surface area contributed by atoms with Crippen molar-refractivity contribution < 1.29 is 19.2 Å². The van der Waals surface area contributed by atoms with E-state index in [1.807, 2.05) is 48.5 Å². The summed E-state index contributed by atoms with van der Waals surface area (Å²) in [5.74, 6) is -0.127. The number of nitrogens with one attached hydrogen (secondary N) is 1. The summed E-state index contributed by atoms with van der Waals surface area (Å²) in [7, 11) is 0. The van der Waals surface area contributed by atoms with Gasteiger partial charge in [-0.1, -0.05) is 83.6 Å². The molecule has 0 spiro atoms. The Morgan fingerprint density at radius 1 is 0.833 bits per heavy atom. The molecule has 3 aromatic carbocycles. The smallest absolute Gasteiger partial charge is 0.307 e. The van der Waals surface area contributed by atoms with Gasteiger partial charge in [0.15, 0.2) is 0 Å². The monoisotopic (exact) mass is 594 g/mol. The number of fused-ring (bicyclic) bond motifs is 9. The number of carbonyl (C=O) groups excluding carboxylic acids is 4. The van der Waals surface area contributed by atoms with Crippen molar-refractivity contribution in [3.8, 4) is 11.1 Å². The zero-order chi connectivity index (χ0) is 29.1. The van der Waals surface area contributed by atoms with Crippen LogP contribution in [0.1, 0.15) is 28.3 Å². The summed E-state index contributed by atoms with van der Waals surface area (Å²) in [5.41, 5.74) is 5.23. The maximum absolute atomic E-state index is 14.0. The Bertz CT molecular complexity index is 1790. The highest BCUT2D eigenvalue weighted by Crippen LogP contribution is 2.68. The van der Waals surface area contributed by atoms with E-state index in [1.165, 1.54) is 27.4 Å². The fourth-order valence-corrected chi connectivity index (χ4v) is 10.8. The molecule has 9 heteroatoms. The van der Waals surface area contributed by atoms with Gasteiger partial charge in [-0.3, -0.25) is 19.3 Å². The summed E-state index contributed by atoms with van der Waals surface area (Å²) in [4.78, 5) is 62.1. The van der Waals surface area contributed by atoms with Gasteiger partial charge >= 0.3 is 11.0 Å². The Morgan fingerprint density at radius 3 is 2.21 bits per heavy atom. The van der Waals surface area contributed by atoms with Gasteiger partial charge in [0, 0.05) is 16.0 Å². The molecule has 7 nitrogen and oxygen atoms in total. The number of thiazole rings is 1. The molecule has 2 bridgehead atoms. The van der Waals surface area contributed by atoms with Crippen molar-refractivity contribution in [2.24, 2.45) is 29.6 Å². The molecule has 1 aromatic heterocycles. The van der Waals surface area contributed by atoms with Crippen LogP contribution in [0.25, 0.3) is 11.1 Å². The fourth-order valence-electron chi connectivity index (χ4n) is 7.93. The van der Waals surface area contributed by atoms with Crippen molar-refractivity contribution in [2.45, 2.75) is 29.5 Å².